The lowest BCUT2D eigenvalue weighted by atomic mass is 10.1. The van der Waals surface area contributed by atoms with E-state index in [1.165, 1.54) is 83.5 Å². The number of carbonyl (C=O) groups excluding carboxylic acids is 2. The highest BCUT2D eigenvalue weighted by molar-refractivity contribution is 5.69. The van der Waals surface area contributed by atoms with E-state index in [-0.39, 0.29) is 25.2 Å². The van der Waals surface area contributed by atoms with Crippen molar-refractivity contribution in [2.24, 2.45) is 0 Å². The Morgan fingerprint density at radius 3 is 1.68 bits per heavy atom. The molecule has 0 spiro atoms. The number of allylic oxidation sites excluding steroid dienone is 1. The zero-order valence-electron chi connectivity index (χ0n) is 26.1. The van der Waals surface area contributed by atoms with Gasteiger partial charge in [0.1, 0.15) is 19.3 Å². The van der Waals surface area contributed by atoms with E-state index >= 15 is 0 Å². The number of aliphatic hydroxyl groups is 1. The number of esters is 2. The Kier molecular flexibility index (Phi) is 24.3. The van der Waals surface area contributed by atoms with Gasteiger partial charge in [-0.3, -0.25) is 9.59 Å². The molecule has 0 aromatic heterocycles. The molecule has 1 saturated heterocycles. The van der Waals surface area contributed by atoms with E-state index in [1.54, 1.807) is 0 Å². The van der Waals surface area contributed by atoms with Gasteiger partial charge in [-0.25, -0.2) is 0 Å². The molecule has 1 fully saturated rings. The predicted octanol–water partition coefficient (Wildman–Crippen LogP) is 8.77. The second kappa shape index (κ2) is 26.5. The standard InChI is InChI=1S/C34H62O6/c1-3-5-7-8-9-10-11-15-18-22-26-33(36)38-28-30(35)29-39-34(37)27-23-19-16-13-12-14-17-21-25-32-31(40-32)24-20-6-4-2/h17,21,30-32,35H,3-16,18-20,22-29H2,1-2H3/b21-17-/t30-,31?,32?/m0/s1. The Morgan fingerprint density at radius 2 is 1.12 bits per heavy atom. The molecule has 0 bridgehead atoms. The number of hydrogen-bond donors (Lipinski definition) is 1. The Morgan fingerprint density at radius 1 is 0.650 bits per heavy atom. The molecule has 2 unspecified atom stereocenters. The summed E-state index contributed by atoms with van der Waals surface area (Å²) in [6.45, 7) is 4.23. The van der Waals surface area contributed by atoms with Gasteiger partial charge in [-0.1, -0.05) is 122 Å². The van der Waals surface area contributed by atoms with E-state index in [0.717, 1.165) is 51.4 Å². The lowest BCUT2D eigenvalue weighted by Crippen LogP contribution is -2.25. The van der Waals surface area contributed by atoms with E-state index < -0.39 is 6.10 Å². The van der Waals surface area contributed by atoms with E-state index in [9.17, 15) is 14.7 Å². The van der Waals surface area contributed by atoms with Crippen LogP contribution in [0.1, 0.15) is 162 Å². The van der Waals surface area contributed by atoms with E-state index in [4.69, 9.17) is 14.2 Å². The van der Waals surface area contributed by atoms with Gasteiger partial charge >= 0.3 is 11.9 Å². The second-order valence-corrected chi connectivity index (χ2v) is 11.7. The SMILES string of the molecule is CCCCCCCCCCCCC(=O)OC[C@H](O)COC(=O)CCCCCCC/C=C\CC1OC1CCCCC. The Balaban J connectivity index is 1.83. The summed E-state index contributed by atoms with van der Waals surface area (Å²) in [5.74, 6) is -0.585. The normalized spacial score (nSPS) is 17.3. The summed E-state index contributed by atoms with van der Waals surface area (Å²) >= 11 is 0. The fraction of sp³-hybridized carbons (Fsp3) is 0.882. The van der Waals surface area contributed by atoms with Crippen molar-refractivity contribution in [2.75, 3.05) is 13.2 Å². The van der Waals surface area contributed by atoms with Crippen LogP contribution in [0.5, 0.6) is 0 Å². The van der Waals surface area contributed by atoms with Gasteiger partial charge in [0.05, 0.1) is 12.2 Å². The van der Waals surface area contributed by atoms with Crippen LogP contribution in [-0.4, -0.2) is 48.6 Å². The molecule has 1 aliphatic rings. The van der Waals surface area contributed by atoms with Crippen LogP contribution >= 0.6 is 0 Å². The molecule has 0 aromatic carbocycles. The first-order chi connectivity index (χ1) is 19.6. The molecule has 6 heteroatoms. The monoisotopic (exact) mass is 566 g/mol. The first kappa shape index (κ1) is 36.6. The van der Waals surface area contributed by atoms with E-state index in [0.29, 0.717) is 25.0 Å². The van der Waals surface area contributed by atoms with Gasteiger partial charge in [0.2, 0.25) is 0 Å². The van der Waals surface area contributed by atoms with Crippen molar-refractivity contribution < 1.29 is 28.9 Å². The molecule has 3 atom stereocenters. The molecule has 0 aromatic rings. The molecular formula is C34H62O6. The van der Waals surface area contributed by atoms with Gasteiger partial charge in [-0.15, -0.1) is 0 Å². The highest BCUT2D eigenvalue weighted by Gasteiger charge is 2.36. The van der Waals surface area contributed by atoms with Crippen molar-refractivity contribution in [3.8, 4) is 0 Å². The summed E-state index contributed by atoms with van der Waals surface area (Å²) in [5, 5.41) is 9.95. The average molecular weight is 567 g/mol. The molecular weight excluding hydrogens is 504 g/mol. The molecule has 1 aliphatic heterocycles. The lowest BCUT2D eigenvalue weighted by Gasteiger charge is -2.12. The van der Waals surface area contributed by atoms with Crippen molar-refractivity contribution >= 4 is 11.9 Å². The average Bonchev–Trinajstić information content (AvgIpc) is 3.70. The van der Waals surface area contributed by atoms with Crippen LogP contribution in [0.3, 0.4) is 0 Å². The molecule has 0 aliphatic carbocycles. The minimum atomic E-state index is -0.966. The van der Waals surface area contributed by atoms with Gasteiger partial charge in [0, 0.05) is 12.8 Å². The molecule has 0 radical (unpaired) electrons. The quantitative estimate of drug-likeness (QED) is 0.0421. The van der Waals surface area contributed by atoms with Crippen LogP contribution < -0.4 is 0 Å². The largest absolute Gasteiger partial charge is 0.463 e. The maximum absolute atomic E-state index is 11.9. The fourth-order valence-electron chi connectivity index (χ4n) is 4.97. The summed E-state index contributed by atoms with van der Waals surface area (Å²) in [7, 11) is 0. The molecule has 1 N–H and O–H groups in total. The first-order valence-corrected chi connectivity index (χ1v) is 16.9. The van der Waals surface area contributed by atoms with Crippen molar-refractivity contribution in [3.05, 3.63) is 12.2 Å². The first-order valence-electron chi connectivity index (χ1n) is 16.9. The number of ether oxygens (including phenoxy) is 3. The summed E-state index contributed by atoms with van der Waals surface area (Å²) in [6.07, 6.45) is 30.0. The van der Waals surface area contributed by atoms with Crippen LogP contribution in [0, 0.1) is 0 Å². The topological polar surface area (TPSA) is 85.4 Å². The molecule has 0 amide bonds. The van der Waals surface area contributed by atoms with Crippen LogP contribution in [0.25, 0.3) is 0 Å². The number of carbonyl (C=O) groups is 2. The van der Waals surface area contributed by atoms with Crippen LogP contribution in [0.4, 0.5) is 0 Å². The van der Waals surface area contributed by atoms with Crippen LogP contribution in [0.15, 0.2) is 12.2 Å². The molecule has 234 valence electrons. The van der Waals surface area contributed by atoms with Gasteiger partial charge in [-0.2, -0.15) is 0 Å². The highest BCUT2D eigenvalue weighted by Crippen LogP contribution is 2.30. The number of epoxide rings is 1. The van der Waals surface area contributed by atoms with Gasteiger partial charge in [-0.05, 0) is 38.5 Å². The molecule has 6 nitrogen and oxygen atoms in total. The van der Waals surface area contributed by atoms with Crippen molar-refractivity contribution in [3.63, 3.8) is 0 Å². The summed E-state index contributed by atoms with van der Waals surface area (Å²) < 4.78 is 16.0. The van der Waals surface area contributed by atoms with Crippen LogP contribution in [0.2, 0.25) is 0 Å². The maximum Gasteiger partial charge on any atom is 0.305 e. The van der Waals surface area contributed by atoms with Crippen molar-refractivity contribution in [1.82, 2.24) is 0 Å². The molecule has 1 heterocycles. The minimum Gasteiger partial charge on any atom is -0.463 e. The van der Waals surface area contributed by atoms with E-state index in [2.05, 4.69) is 26.0 Å². The number of aliphatic hydroxyl groups excluding tert-OH is 1. The molecule has 40 heavy (non-hydrogen) atoms. The number of hydrogen-bond acceptors (Lipinski definition) is 6. The zero-order chi connectivity index (χ0) is 29.1. The van der Waals surface area contributed by atoms with Crippen molar-refractivity contribution in [2.45, 2.75) is 180 Å². The van der Waals surface area contributed by atoms with Gasteiger partial charge in [0.25, 0.3) is 0 Å². The summed E-state index contributed by atoms with van der Waals surface area (Å²) in [6, 6.07) is 0. The minimum absolute atomic E-state index is 0.120. The lowest BCUT2D eigenvalue weighted by molar-refractivity contribution is -0.152. The zero-order valence-corrected chi connectivity index (χ0v) is 26.1. The Bertz CT molecular complexity index is 634. The molecule has 0 saturated carbocycles. The Labute approximate surface area is 246 Å². The predicted molar refractivity (Wildman–Crippen MR) is 163 cm³/mol. The molecule has 1 rings (SSSR count). The summed E-state index contributed by atoms with van der Waals surface area (Å²) in [5.41, 5.74) is 0. The number of unbranched alkanes of at least 4 members (excludes halogenated alkanes) is 16. The summed E-state index contributed by atoms with van der Waals surface area (Å²) in [4.78, 5) is 23.8. The van der Waals surface area contributed by atoms with Crippen molar-refractivity contribution in [1.29, 1.82) is 0 Å². The highest BCUT2D eigenvalue weighted by atomic mass is 16.6. The fourth-order valence-corrected chi connectivity index (χ4v) is 4.97. The third-order valence-corrected chi connectivity index (χ3v) is 7.67. The van der Waals surface area contributed by atoms with Crippen LogP contribution in [-0.2, 0) is 23.8 Å². The van der Waals surface area contributed by atoms with E-state index in [1.807, 2.05) is 0 Å². The van der Waals surface area contributed by atoms with Gasteiger partial charge in [0.15, 0.2) is 0 Å². The number of rotatable bonds is 29. The third kappa shape index (κ3) is 23.3. The smallest absolute Gasteiger partial charge is 0.305 e. The maximum atomic E-state index is 11.9. The Hall–Kier alpha value is -1.40. The third-order valence-electron chi connectivity index (χ3n) is 7.67. The second-order valence-electron chi connectivity index (χ2n) is 11.7. The van der Waals surface area contributed by atoms with Gasteiger partial charge < -0.3 is 19.3 Å².